The zero-order valence-electron chi connectivity index (χ0n) is 16.7. The maximum Gasteiger partial charge on any atom is 0.243 e. The quantitative estimate of drug-likeness (QED) is 0.329. The third-order valence-corrected chi connectivity index (χ3v) is 6.77. The van der Waals surface area contributed by atoms with Gasteiger partial charge in [-0.2, -0.15) is 4.31 Å². The normalized spacial score (nSPS) is 15.0. The minimum Gasteiger partial charge on any atom is -0.356 e. The minimum absolute atomic E-state index is 0. The lowest BCUT2D eigenvalue weighted by molar-refractivity contribution is 0.477. The fourth-order valence-corrected chi connectivity index (χ4v) is 4.75. The second kappa shape index (κ2) is 11.5. The van der Waals surface area contributed by atoms with E-state index in [2.05, 4.69) is 27.8 Å². The minimum atomic E-state index is -3.35. The second-order valence-corrected chi connectivity index (χ2v) is 8.78. The summed E-state index contributed by atoms with van der Waals surface area (Å²) in [6.45, 7) is 2.61. The molecule has 0 spiro atoms. The topological polar surface area (TPSA) is 73.8 Å². The van der Waals surface area contributed by atoms with E-state index in [1.54, 1.807) is 23.5 Å². The zero-order chi connectivity index (χ0) is 19.8. The number of rotatable bonds is 7. The summed E-state index contributed by atoms with van der Waals surface area (Å²) >= 11 is 0. The molecule has 8 heteroatoms. The van der Waals surface area contributed by atoms with E-state index >= 15 is 0 Å². The number of hydrogen-bond acceptors (Lipinski definition) is 3. The smallest absolute Gasteiger partial charge is 0.243 e. The van der Waals surface area contributed by atoms with Gasteiger partial charge in [0.25, 0.3) is 0 Å². The first-order valence-corrected chi connectivity index (χ1v) is 11.1. The van der Waals surface area contributed by atoms with Crippen LogP contribution in [-0.2, 0) is 23.0 Å². The van der Waals surface area contributed by atoms with E-state index in [9.17, 15) is 8.42 Å². The summed E-state index contributed by atoms with van der Waals surface area (Å²) in [4.78, 5) is 4.60. The van der Waals surface area contributed by atoms with E-state index in [-0.39, 0.29) is 24.0 Å². The van der Waals surface area contributed by atoms with Crippen molar-refractivity contribution in [1.82, 2.24) is 14.9 Å². The van der Waals surface area contributed by atoms with Crippen LogP contribution in [0.2, 0.25) is 0 Å². The van der Waals surface area contributed by atoms with Gasteiger partial charge in [0.2, 0.25) is 10.0 Å². The molecule has 6 nitrogen and oxygen atoms in total. The van der Waals surface area contributed by atoms with Crippen LogP contribution in [0.25, 0.3) is 0 Å². The molecule has 0 unspecified atom stereocenters. The molecular formula is C21H29IN4O2S. The fourth-order valence-electron chi connectivity index (χ4n) is 3.23. The number of sulfonamides is 1. The van der Waals surface area contributed by atoms with E-state index in [1.165, 1.54) is 5.56 Å². The van der Waals surface area contributed by atoms with E-state index in [1.807, 2.05) is 30.3 Å². The van der Waals surface area contributed by atoms with Crippen LogP contribution in [0, 0.1) is 0 Å². The average Bonchev–Trinajstić information content (AvgIpc) is 3.27. The number of nitrogens with zero attached hydrogens (tertiary/aromatic N) is 2. The van der Waals surface area contributed by atoms with Crippen LogP contribution in [0.5, 0.6) is 0 Å². The van der Waals surface area contributed by atoms with Crippen molar-refractivity contribution in [2.45, 2.75) is 30.7 Å². The van der Waals surface area contributed by atoms with Gasteiger partial charge in [0.15, 0.2) is 5.96 Å². The maximum absolute atomic E-state index is 12.6. The summed E-state index contributed by atoms with van der Waals surface area (Å²) in [5, 5.41) is 6.56. The number of benzene rings is 2. The molecule has 1 fully saturated rings. The third-order valence-electron chi connectivity index (χ3n) is 4.86. The van der Waals surface area contributed by atoms with Gasteiger partial charge in [-0.3, -0.25) is 4.99 Å². The lowest BCUT2D eigenvalue weighted by atomic mass is 10.1. The highest BCUT2D eigenvalue weighted by Gasteiger charge is 2.26. The second-order valence-electron chi connectivity index (χ2n) is 6.84. The Balaban J connectivity index is 0.00000300. The monoisotopic (exact) mass is 528 g/mol. The van der Waals surface area contributed by atoms with Gasteiger partial charge in [-0.15, -0.1) is 24.0 Å². The molecule has 158 valence electrons. The van der Waals surface area contributed by atoms with Crippen LogP contribution in [0.4, 0.5) is 0 Å². The van der Waals surface area contributed by atoms with Crippen LogP contribution < -0.4 is 10.6 Å². The molecule has 1 aliphatic rings. The molecule has 0 radical (unpaired) electrons. The summed E-state index contributed by atoms with van der Waals surface area (Å²) in [5.74, 6) is 0.727. The number of halogens is 1. The SMILES string of the molecule is CN=C(NCCc1ccccc1)NCc1ccc(S(=O)(=O)N2CCCC2)cc1.I. The third kappa shape index (κ3) is 6.68. The lowest BCUT2D eigenvalue weighted by Gasteiger charge is -2.16. The average molecular weight is 528 g/mol. The summed E-state index contributed by atoms with van der Waals surface area (Å²) in [6, 6.07) is 17.4. The number of guanidine groups is 1. The van der Waals surface area contributed by atoms with E-state index < -0.39 is 10.0 Å². The predicted molar refractivity (Wildman–Crippen MR) is 128 cm³/mol. The molecule has 0 atom stereocenters. The molecule has 0 aromatic heterocycles. The molecule has 3 rings (SSSR count). The Labute approximate surface area is 190 Å². The molecule has 2 N–H and O–H groups in total. The van der Waals surface area contributed by atoms with Gasteiger partial charge >= 0.3 is 0 Å². The van der Waals surface area contributed by atoms with E-state index in [4.69, 9.17) is 0 Å². The Hall–Kier alpha value is -1.65. The van der Waals surface area contributed by atoms with Crippen molar-refractivity contribution in [2.75, 3.05) is 26.7 Å². The number of aliphatic imine (C=N–C) groups is 1. The van der Waals surface area contributed by atoms with Gasteiger partial charge in [0.1, 0.15) is 0 Å². The van der Waals surface area contributed by atoms with Crippen molar-refractivity contribution in [3.8, 4) is 0 Å². The molecule has 0 aliphatic carbocycles. The number of nitrogens with one attached hydrogen (secondary N) is 2. The Kier molecular flexibility index (Phi) is 9.38. The first-order chi connectivity index (χ1) is 13.6. The molecule has 2 aromatic carbocycles. The van der Waals surface area contributed by atoms with Crippen LogP contribution in [0.1, 0.15) is 24.0 Å². The van der Waals surface area contributed by atoms with Gasteiger partial charge in [-0.25, -0.2) is 8.42 Å². The van der Waals surface area contributed by atoms with Crippen molar-refractivity contribution in [3.05, 3.63) is 65.7 Å². The molecule has 29 heavy (non-hydrogen) atoms. The van der Waals surface area contributed by atoms with Crippen molar-refractivity contribution >= 4 is 40.0 Å². The zero-order valence-corrected chi connectivity index (χ0v) is 19.8. The predicted octanol–water partition coefficient (Wildman–Crippen LogP) is 3.00. The first kappa shape index (κ1) is 23.6. The van der Waals surface area contributed by atoms with Crippen LogP contribution in [0.15, 0.2) is 64.5 Å². The molecule has 1 heterocycles. The van der Waals surface area contributed by atoms with Gasteiger partial charge in [-0.1, -0.05) is 42.5 Å². The Morgan fingerprint density at radius 1 is 0.966 bits per heavy atom. The maximum atomic E-state index is 12.6. The fraction of sp³-hybridized carbons (Fsp3) is 0.381. The molecule has 1 aliphatic heterocycles. The van der Waals surface area contributed by atoms with E-state index in [0.29, 0.717) is 24.5 Å². The molecule has 1 saturated heterocycles. The summed E-state index contributed by atoms with van der Waals surface area (Å²) < 4.78 is 26.7. The summed E-state index contributed by atoms with van der Waals surface area (Å²) in [6.07, 6.45) is 2.81. The largest absolute Gasteiger partial charge is 0.356 e. The Morgan fingerprint density at radius 3 is 2.24 bits per heavy atom. The molecule has 2 aromatic rings. The highest BCUT2D eigenvalue weighted by Crippen LogP contribution is 2.21. The van der Waals surface area contributed by atoms with Crippen LogP contribution in [0.3, 0.4) is 0 Å². The van der Waals surface area contributed by atoms with Crippen molar-refractivity contribution in [2.24, 2.45) is 4.99 Å². The van der Waals surface area contributed by atoms with Gasteiger partial charge in [-0.05, 0) is 42.5 Å². The van der Waals surface area contributed by atoms with Gasteiger partial charge in [0, 0.05) is 33.2 Å². The Morgan fingerprint density at radius 2 is 1.62 bits per heavy atom. The highest BCUT2D eigenvalue weighted by molar-refractivity contribution is 14.0. The molecule has 0 saturated carbocycles. The van der Waals surface area contributed by atoms with Crippen LogP contribution >= 0.6 is 24.0 Å². The molecule has 0 bridgehead atoms. The standard InChI is InChI=1S/C21H28N4O2S.HI/c1-22-21(23-14-13-18-7-3-2-4-8-18)24-17-19-9-11-20(12-10-19)28(26,27)25-15-5-6-16-25;/h2-4,7-12H,5-6,13-17H2,1H3,(H2,22,23,24);1H. The summed E-state index contributed by atoms with van der Waals surface area (Å²) in [7, 11) is -1.61. The lowest BCUT2D eigenvalue weighted by Crippen LogP contribution is -2.37. The molecule has 0 amide bonds. The molecular weight excluding hydrogens is 499 g/mol. The van der Waals surface area contributed by atoms with Crippen molar-refractivity contribution in [1.29, 1.82) is 0 Å². The highest BCUT2D eigenvalue weighted by atomic mass is 127. The van der Waals surface area contributed by atoms with Gasteiger partial charge in [0.05, 0.1) is 4.90 Å². The Bertz CT molecular complexity index is 881. The van der Waals surface area contributed by atoms with E-state index in [0.717, 1.165) is 37.3 Å². The van der Waals surface area contributed by atoms with Crippen molar-refractivity contribution < 1.29 is 8.42 Å². The van der Waals surface area contributed by atoms with Crippen molar-refractivity contribution in [3.63, 3.8) is 0 Å². The van der Waals surface area contributed by atoms with Gasteiger partial charge < -0.3 is 10.6 Å². The summed E-state index contributed by atoms with van der Waals surface area (Å²) in [5.41, 5.74) is 2.28. The first-order valence-electron chi connectivity index (χ1n) is 9.67. The number of hydrogen-bond donors (Lipinski definition) is 2. The van der Waals surface area contributed by atoms with Crippen LogP contribution in [-0.4, -0.2) is 45.4 Å².